The SMILES string of the molecule is CC(C)(O)c1ccccc1CCCSC(c1cccc(C=Cc2ccc3ccc(Cl)cc3n2)c1)C1(CC(=O)O)CC1. The van der Waals surface area contributed by atoms with E-state index in [4.69, 9.17) is 16.6 Å². The molecule has 0 radical (unpaired) electrons. The Morgan fingerprint density at radius 3 is 2.59 bits per heavy atom. The Hall–Kier alpha value is -3.12. The lowest BCUT2D eigenvalue weighted by Gasteiger charge is -2.27. The standard InChI is InChI=1S/C35H36ClNO3S/c1-34(2,40)30-11-4-3-8-25(30)10-6-20-41-33(35(18-19-35)23-32(38)39)27-9-5-7-24(21-27)12-16-29-17-14-26-13-15-28(36)22-31(26)37-29/h3-5,7-9,11-17,21-22,33,40H,6,10,18-20,23H2,1-2H3,(H,38,39). The van der Waals surface area contributed by atoms with E-state index in [0.29, 0.717) is 5.02 Å². The summed E-state index contributed by atoms with van der Waals surface area (Å²) in [7, 11) is 0. The minimum absolute atomic E-state index is 0.109. The zero-order chi connectivity index (χ0) is 29.0. The highest BCUT2D eigenvalue weighted by Gasteiger charge is 2.51. The molecule has 0 bridgehead atoms. The fraction of sp³-hybridized carbons (Fsp3) is 0.314. The lowest BCUT2D eigenvalue weighted by molar-refractivity contribution is -0.138. The number of carboxylic acid groups (broad SMARTS) is 1. The van der Waals surface area contributed by atoms with Gasteiger partial charge in [-0.15, -0.1) is 0 Å². The van der Waals surface area contributed by atoms with Crippen LogP contribution < -0.4 is 0 Å². The van der Waals surface area contributed by atoms with Crippen LogP contribution in [0.15, 0.2) is 78.9 Å². The molecule has 5 rings (SSSR count). The Bertz CT molecular complexity index is 1570. The maximum atomic E-state index is 11.8. The van der Waals surface area contributed by atoms with Crippen molar-refractivity contribution in [3.8, 4) is 0 Å². The van der Waals surface area contributed by atoms with Gasteiger partial charge in [0.1, 0.15) is 0 Å². The van der Waals surface area contributed by atoms with Gasteiger partial charge in [-0.3, -0.25) is 4.79 Å². The number of pyridine rings is 1. The molecule has 2 N–H and O–H groups in total. The molecule has 212 valence electrons. The third kappa shape index (κ3) is 7.40. The summed E-state index contributed by atoms with van der Waals surface area (Å²) in [5, 5.41) is 22.1. The van der Waals surface area contributed by atoms with E-state index in [2.05, 4.69) is 36.4 Å². The number of aliphatic carboxylic acids is 1. The summed E-state index contributed by atoms with van der Waals surface area (Å²) in [4.78, 5) is 16.5. The van der Waals surface area contributed by atoms with Gasteiger partial charge in [0, 0.05) is 15.7 Å². The van der Waals surface area contributed by atoms with Crippen LogP contribution in [0, 0.1) is 5.41 Å². The molecule has 1 aromatic heterocycles. The third-order valence-corrected chi connectivity index (χ3v) is 9.70. The van der Waals surface area contributed by atoms with Crippen molar-refractivity contribution in [2.45, 2.75) is 56.8 Å². The number of fused-ring (bicyclic) bond motifs is 1. The zero-order valence-corrected chi connectivity index (χ0v) is 25.1. The van der Waals surface area contributed by atoms with Gasteiger partial charge in [0.05, 0.1) is 23.2 Å². The minimum atomic E-state index is -0.880. The predicted molar refractivity (Wildman–Crippen MR) is 171 cm³/mol. The van der Waals surface area contributed by atoms with Crippen LogP contribution in [0.25, 0.3) is 23.1 Å². The second kappa shape index (κ2) is 12.4. The number of aliphatic hydroxyl groups is 1. The molecule has 1 saturated carbocycles. The van der Waals surface area contributed by atoms with Crippen LogP contribution in [-0.2, 0) is 16.8 Å². The van der Waals surface area contributed by atoms with E-state index in [9.17, 15) is 15.0 Å². The van der Waals surface area contributed by atoms with E-state index >= 15 is 0 Å². The number of benzene rings is 3. The van der Waals surface area contributed by atoms with Gasteiger partial charge in [-0.1, -0.05) is 78.3 Å². The molecule has 4 nitrogen and oxygen atoms in total. The fourth-order valence-corrected chi connectivity index (χ4v) is 7.35. The Morgan fingerprint density at radius 1 is 1.05 bits per heavy atom. The smallest absolute Gasteiger partial charge is 0.303 e. The van der Waals surface area contributed by atoms with E-state index in [1.807, 2.05) is 80.2 Å². The summed E-state index contributed by atoms with van der Waals surface area (Å²) in [6.07, 6.45) is 7.95. The van der Waals surface area contributed by atoms with Crippen LogP contribution in [0.4, 0.5) is 0 Å². The van der Waals surface area contributed by atoms with Crippen molar-refractivity contribution in [1.82, 2.24) is 4.98 Å². The summed E-state index contributed by atoms with van der Waals surface area (Å²) in [5.74, 6) is 0.182. The first-order valence-corrected chi connectivity index (χ1v) is 15.5. The number of aryl methyl sites for hydroxylation is 1. The maximum Gasteiger partial charge on any atom is 0.303 e. The van der Waals surface area contributed by atoms with Crippen LogP contribution in [0.3, 0.4) is 0 Å². The van der Waals surface area contributed by atoms with Gasteiger partial charge >= 0.3 is 5.97 Å². The molecule has 0 saturated heterocycles. The van der Waals surface area contributed by atoms with E-state index < -0.39 is 11.6 Å². The number of hydrogen-bond acceptors (Lipinski definition) is 4. The van der Waals surface area contributed by atoms with Crippen molar-refractivity contribution in [3.05, 3.63) is 112 Å². The maximum absolute atomic E-state index is 11.8. The molecule has 41 heavy (non-hydrogen) atoms. The van der Waals surface area contributed by atoms with Crippen LogP contribution in [0.5, 0.6) is 0 Å². The average molecular weight is 586 g/mol. The lowest BCUT2D eigenvalue weighted by Crippen LogP contribution is -2.18. The Kier molecular flexibility index (Phi) is 8.88. The highest BCUT2D eigenvalue weighted by atomic mass is 35.5. The number of halogens is 1. The average Bonchev–Trinajstić information content (AvgIpc) is 3.70. The monoisotopic (exact) mass is 585 g/mol. The minimum Gasteiger partial charge on any atom is -0.481 e. The number of hydrogen-bond donors (Lipinski definition) is 2. The molecular weight excluding hydrogens is 550 g/mol. The van der Waals surface area contributed by atoms with Gasteiger partial charge in [-0.25, -0.2) is 4.98 Å². The Balaban J connectivity index is 1.32. The first-order chi connectivity index (χ1) is 19.6. The summed E-state index contributed by atoms with van der Waals surface area (Å²) < 4.78 is 0. The Labute approximate surface area is 251 Å². The van der Waals surface area contributed by atoms with Crippen molar-refractivity contribution in [2.24, 2.45) is 5.41 Å². The van der Waals surface area contributed by atoms with E-state index in [1.54, 1.807) is 0 Å². The van der Waals surface area contributed by atoms with Gasteiger partial charge < -0.3 is 10.2 Å². The van der Waals surface area contributed by atoms with E-state index in [1.165, 1.54) is 11.1 Å². The molecule has 1 heterocycles. The highest BCUT2D eigenvalue weighted by molar-refractivity contribution is 7.99. The summed E-state index contributed by atoms with van der Waals surface area (Å²) in [6, 6.07) is 26.3. The molecule has 1 unspecified atom stereocenters. The van der Waals surface area contributed by atoms with Gasteiger partial charge in [0.2, 0.25) is 0 Å². The van der Waals surface area contributed by atoms with Gasteiger partial charge in [-0.2, -0.15) is 11.8 Å². The largest absolute Gasteiger partial charge is 0.481 e. The number of carbonyl (C=O) groups is 1. The quantitative estimate of drug-likeness (QED) is 0.162. The van der Waals surface area contributed by atoms with Crippen molar-refractivity contribution in [1.29, 1.82) is 0 Å². The molecule has 0 aliphatic heterocycles. The van der Waals surface area contributed by atoms with Gasteiger partial charge in [-0.05, 0) is 97.2 Å². The second-order valence-corrected chi connectivity index (χ2v) is 13.2. The molecule has 1 fully saturated rings. The van der Waals surface area contributed by atoms with Crippen molar-refractivity contribution < 1.29 is 15.0 Å². The van der Waals surface area contributed by atoms with Crippen molar-refractivity contribution >= 4 is 52.4 Å². The van der Waals surface area contributed by atoms with Gasteiger partial charge in [0.15, 0.2) is 0 Å². The lowest BCUT2D eigenvalue weighted by atomic mass is 9.91. The molecule has 3 aromatic carbocycles. The van der Waals surface area contributed by atoms with Crippen molar-refractivity contribution in [2.75, 3.05) is 5.75 Å². The highest BCUT2D eigenvalue weighted by Crippen LogP contribution is 2.62. The number of thioether (sulfide) groups is 1. The van der Waals surface area contributed by atoms with Crippen molar-refractivity contribution in [3.63, 3.8) is 0 Å². The number of carboxylic acids is 1. The van der Waals surface area contributed by atoms with Crippen LogP contribution in [-0.4, -0.2) is 26.9 Å². The molecule has 4 aromatic rings. The van der Waals surface area contributed by atoms with Crippen LogP contribution in [0.1, 0.15) is 72.7 Å². The van der Waals surface area contributed by atoms with Crippen LogP contribution in [0.2, 0.25) is 5.02 Å². The number of aromatic nitrogens is 1. The summed E-state index contributed by atoms with van der Waals surface area (Å²) in [5.41, 5.74) is 5.00. The Morgan fingerprint density at radius 2 is 1.83 bits per heavy atom. The second-order valence-electron chi connectivity index (χ2n) is 11.6. The summed E-state index contributed by atoms with van der Waals surface area (Å²) >= 11 is 8.03. The summed E-state index contributed by atoms with van der Waals surface area (Å²) in [6.45, 7) is 3.65. The zero-order valence-electron chi connectivity index (χ0n) is 23.5. The molecule has 1 aliphatic carbocycles. The molecule has 6 heteroatoms. The predicted octanol–water partition coefficient (Wildman–Crippen LogP) is 8.95. The van der Waals surface area contributed by atoms with E-state index in [-0.39, 0.29) is 17.1 Å². The van der Waals surface area contributed by atoms with E-state index in [0.717, 1.165) is 59.2 Å². The third-order valence-electron chi connectivity index (χ3n) is 7.84. The normalized spacial score (nSPS) is 15.3. The fourth-order valence-electron chi connectivity index (χ4n) is 5.63. The number of rotatable bonds is 12. The van der Waals surface area contributed by atoms with Gasteiger partial charge in [0.25, 0.3) is 0 Å². The first-order valence-electron chi connectivity index (χ1n) is 14.1. The molecule has 1 atom stereocenters. The van der Waals surface area contributed by atoms with Crippen LogP contribution >= 0.6 is 23.4 Å². The topological polar surface area (TPSA) is 70.4 Å². The molecular formula is C35H36ClNO3S. The molecule has 0 spiro atoms. The number of nitrogens with zero attached hydrogens (tertiary/aromatic N) is 1. The molecule has 1 aliphatic rings. The first kappa shape index (κ1) is 29.4. The molecule has 0 amide bonds.